The molecule has 2 aromatic heterocycles. The van der Waals surface area contributed by atoms with Gasteiger partial charge in [0.2, 0.25) is 10.0 Å². The maximum Gasteiger partial charge on any atom is 0.243 e. The van der Waals surface area contributed by atoms with Crippen LogP contribution in [-0.2, 0) is 23.1 Å². The number of hydrogen-bond acceptors (Lipinski definition) is 5. The van der Waals surface area contributed by atoms with Gasteiger partial charge in [0.1, 0.15) is 0 Å². The third-order valence-electron chi connectivity index (χ3n) is 3.05. The zero-order valence-electron chi connectivity index (χ0n) is 12.2. The van der Waals surface area contributed by atoms with Crippen molar-refractivity contribution in [3.05, 3.63) is 40.5 Å². The van der Waals surface area contributed by atoms with E-state index in [1.165, 1.54) is 21.9 Å². The van der Waals surface area contributed by atoms with Crippen molar-refractivity contribution in [3.8, 4) is 0 Å². The van der Waals surface area contributed by atoms with Gasteiger partial charge in [-0.25, -0.2) is 8.42 Å². The molecule has 0 radical (unpaired) electrons. The Balaban J connectivity index is 2.04. The van der Waals surface area contributed by atoms with Gasteiger partial charge in [-0.05, 0) is 25.1 Å². The number of sulfonamides is 1. The van der Waals surface area contributed by atoms with E-state index >= 15 is 0 Å². The fourth-order valence-electron chi connectivity index (χ4n) is 1.88. The van der Waals surface area contributed by atoms with E-state index in [-0.39, 0.29) is 0 Å². The topological polar surface area (TPSA) is 62.6 Å². The van der Waals surface area contributed by atoms with E-state index in [4.69, 9.17) is 4.42 Å². The quantitative estimate of drug-likeness (QED) is 0.757. The molecule has 0 aromatic carbocycles. The molecule has 116 valence electrons. The minimum absolute atomic E-state index is 0.304. The molecule has 0 unspecified atom stereocenters. The molecule has 0 aliphatic rings. The molecule has 0 spiro atoms. The summed E-state index contributed by atoms with van der Waals surface area (Å²) >= 11 is 1.47. The number of nitrogens with zero attached hydrogens (tertiary/aromatic N) is 1. The first-order valence-corrected chi connectivity index (χ1v) is 9.11. The first-order valence-electron chi connectivity index (χ1n) is 6.79. The van der Waals surface area contributed by atoms with Crippen molar-refractivity contribution in [1.82, 2.24) is 9.62 Å². The normalized spacial score (nSPS) is 12.1. The summed E-state index contributed by atoms with van der Waals surface area (Å²) in [5.41, 5.74) is 0.834. The summed E-state index contributed by atoms with van der Waals surface area (Å²) in [4.78, 5) is 1.38. The van der Waals surface area contributed by atoms with Gasteiger partial charge in [-0.1, -0.05) is 6.92 Å². The van der Waals surface area contributed by atoms with Crippen LogP contribution in [0.3, 0.4) is 0 Å². The fraction of sp³-hybridized carbons (Fsp3) is 0.429. The summed E-state index contributed by atoms with van der Waals surface area (Å²) in [7, 11) is -1.87. The smallest absolute Gasteiger partial charge is 0.243 e. The van der Waals surface area contributed by atoms with E-state index in [2.05, 4.69) is 12.2 Å². The van der Waals surface area contributed by atoms with Gasteiger partial charge in [0.05, 0.1) is 17.4 Å². The minimum atomic E-state index is -3.45. The van der Waals surface area contributed by atoms with Crippen molar-refractivity contribution < 1.29 is 12.8 Å². The molecule has 21 heavy (non-hydrogen) atoms. The second-order valence-electron chi connectivity index (χ2n) is 4.82. The zero-order chi connectivity index (χ0) is 15.3. The van der Waals surface area contributed by atoms with Gasteiger partial charge >= 0.3 is 0 Å². The Hall–Kier alpha value is -1.15. The monoisotopic (exact) mass is 328 g/mol. The summed E-state index contributed by atoms with van der Waals surface area (Å²) in [6.45, 7) is 4.04. The zero-order valence-corrected chi connectivity index (χ0v) is 13.8. The molecule has 0 saturated carbocycles. The summed E-state index contributed by atoms with van der Waals surface area (Å²) < 4.78 is 31.3. The lowest BCUT2D eigenvalue weighted by atomic mass is 10.3. The molecule has 2 heterocycles. The Labute approximate surface area is 129 Å². The average molecular weight is 328 g/mol. The van der Waals surface area contributed by atoms with Crippen LogP contribution in [0.5, 0.6) is 0 Å². The van der Waals surface area contributed by atoms with Gasteiger partial charge in [0.25, 0.3) is 0 Å². The van der Waals surface area contributed by atoms with Crippen LogP contribution >= 0.6 is 11.3 Å². The molecule has 0 atom stereocenters. The molecule has 2 aromatic rings. The van der Waals surface area contributed by atoms with Crippen LogP contribution in [-0.4, -0.2) is 26.3 Å². The van der Waals surface area contributed by atoms with Crippen molar-refractivity contribution in [1.29, 1.82) is 0 Å². The van der Waals surface area contributed by atoms with Crippen molar-refractivity contribution in [2.24, 2.45) is 0 Å². The van der Waals surface area contributed by atoms with Crippen LogP contribution < -0.4 is 5.32 Å². The van der Waals surface area contributed by atoms with Crippen molar-refractivity contribution in [2.75, 3.05) is 13.6 Å². The number of hydrogen-bond donors (Lipinski definition) is 1. The van der Waals surface area contributed by atoms with Crippen LogP contribution in [0, 0.1) is 0 Å². The Kier molecular flexibility index (Phi) is 5.58. The van der Waals surface area contributed by atoms with Crippen LogP contribution in [0.2, 0.25) is 0 Å². The third-order valence-corrected chi connectivity index (χ3v) is 5.92. The molecule has 0 fully saturated rings. The van der Waals surface area contributed by atoms with Crippen LogP contribution in [0.15, 0.2) is 39.4 Å². The van der Waals surface area contributed by atoms with Gasteiger partial charge in [0.15, 0.2) is 0 Å². The number of rotatable bonds is 8. The molecule has 5 nitrogen and oxygen atoms in total. The van der Waals surface area contributed by atoms with Gasteiger partial charge in [-0.2, -0.15) is 4.31 Å². The van der Waals surface area contributed by atoms with E-state index < -0.39 is 10.0 Å². The lowest BCUT2D eigenvalue weighted by Crippen LogP contribution is -2.26. The largest absolute Gasteiger partial charge is 0.472 e. The number of nitrogens with one attached hydrogen (secondary N) is 1. The predicted octanol–water partition coefficient (Wildman–Crippen LogP) is 2.66. The van der Waals surface area contributed by atoms with E-state index in [1.807, 2.05) is 0 Å². The van der Waals surface area contributed by atoms with E-state index in [1.54, 1.807) is 30.8 Å². The molecule has 1 N–H and O–H groups in total. The lowest BCUT2D eigenvalue weighted by Gasteiger charge is -2.15. The highest BCUT2D eigenvalue weighted by atomic mass is 32.2. The summed E-state index contributed by atoms with van der Waals surface area (Å²) in [6.07, 6.45) is 4.15. The van der Waals surface area contributed by atoms with Crippen LogP contribution in [0.25, 0.3) is 0 Å². The second-order valence-corrected chi connectivity index (χ2v) is 7.86. The highest BCUT2D eigenvalue weighted by Crippen LogP contribution is 2.23. The standard InChI is InChI=1S/C14H20N2O3S2/c1-3-5-15-8-13-7-14(11-20-13)21(17,18)16(2)9-12-4-6-19-10-12/h4,6-7,10-11,15H,3,5,8-9H2,1-2H3. The van der Waals surface area contributed by atoms with Gasteiger partial charge < -0.3 is 9.73 Å². The number of thiophene rings is 1. The van der Waals surface area contributed by atoms with Crippen LogP contribution in [0.1, 0.15) is 23.8 Å². The molecule has 0 amide bonds. The Morgan fingerprint density at radius 1 is 1.43 bits per heavy atom. The first kappa shape index (κ1) is 16.2. The molecule has 2 rings (SSSR count). The van der Waals surface area contributed by atoms with Gasteiger partial charge in [0, 0.05) is 36.0 Å². The first-order chi connectivity index (χ1) is 10.0. The summed E-state index contributed by atoms with van der Waals surface area (Å²) in [6, 6.07) is 3.51. The molecule has 0 saturated heterocycles. The van der Waals surface area contributed by atoms with E-state index in [0.29, 0.717) is 18.0 Å². The van der Waals surface area contributed by atoms with E-state index in [9.17, 15) is 8.42 Å². The van der Waals surface area contributed by atoms with Crippen molar-refractivity contribution in [3.63, 3.8) is 0 Å². The third kappa shape index (κ3) is 4.16. The SMILES string of the molecule is CCCNCc1cc(S(=O)(=O)N(C)Cc2ccoc2)cs1. The second kappa shape index (κ2) is 7.22. The Bertz CT molecular complexity index is 648. The Morgan fingerprint density at radius 2 is 2.24 bits per heavy atom. The average Bonchev–Trinajstić information content (AvgIpc) is 3.10. The molecule has 0 aliphatic heterocycles. The summed E-state index contributed by atoms with van der Waals surface area (Å²) in [5, 5.41) is 4.97. The van der Waals surface area contributed by atoms with E-state index in [0.717, 1.165) is 23.4 Å². The highest BCUT2D eigenvalue weighted by molar-refractivity contribution is 7.89. The van der Waals surface area contributed by atoms with Crippen LogP contribution in [0.4, 0.5) is 0 Å². The molecule has 0 bridgehead atoms. The summed E-state index contributed by atoms with van der Waals surface area (Å²) in [5.74, 6) is 0. The highest BCUT2D eigenvalue weighted by Gasteiger charge is 2.22. The predicted molar refractivity (Wildman–Crippen MR) is 83.7 cm³/mol. The van der Waals surface area contributed by atoms with Gasteiger partial charge in [-0.15, -0.1) is 11.3 Å². The molecule has 7 heteroatoms. The fourth-order valence-corrected chi connectivity index (χ4v) is 4.27. The molecular formula is C14H20N2O3S2. The van der Waals surface area contributed by atoms with Crippen molar-refractivity contribution in [2.45, 2.75) is 31.3 Å². The lowest BCUT2D eigenvalue weighted by molar-refractivity contribution is 0.463. The Morgan fingerprint density at radius 3 is 2.90 bits per heavy atom. The maximum atomic E-state index is 12.5. The van der Waals surface area contributed by atoms with Gasteiger partial charge in [-0.3, -0.25) is 0 Å². The maximum absolute atomic E-state index is 12.5. The molecular weight excluding hydrogens is 308 g/mol. The minimum Gasteiger partial charge on any atom is -0.472 e. The number of furan rings is 1. The molecule has 0 aliphatic carbocycles. The van der Waals surface area contributed by atoms with Crippen molar-refractivity contribution >= 4 is 21.4 Å².